The number of aromatic nitrogens is 1. The summed E-state index contributed by atoms with van der Waals surface area (Å²) >= 11 is 0. The molecule has 7 nitrogen and oxygen atoms in total. The Hall–Kier alpha value is -2.44. The van der Waals surface area contributed by atoms with Crippen LogP contribution in [0.3, 0.4) is 0 Å². The number of nitrogens with zero attached hydrogens (tertiary/aromatic N) is 2. The lowest BCUT2D eigenvalue weighted by molar-refractivity contribution is -0.124. The molecule has 0 aliphatic heterocycles. The van der Waals surface area contributed by atoms with Gasteiger partial charge >= 0.3 is 5.97 Å². The Balaban J connectivity index is 2.90. The minimum atomic E-state index is -1.21. The normalized spacial score (nSPS) is 11.6. The fraction of sp³-hybridized carbons (Fsp3) is 0.385. The van der Waals surface area contributed by atoms with Crippen LogP contribution in [0.5, 0.6) is 0 Å². The van der Waals surface area contributed by atoms with Gasteiger partial charge in [-0.2, -0.15) is 0 Å². The maximum atomic E-state index is 12.2. The van der Waals surface area contributed by atoms with Crippen molar-refractivity contribution >= 4 is 17.8 Å². The van der Waals surface area contributed by atoms with Crippen LogP contribution >= 0.6 is 0 Å². The third kappa shape index (κ3) is 3.53. The predicted molar refractivity (Wildman–Crippen MR) is 71.4 cm³/mol. The van der Waals surface area contributed by atoms with Gasteiger partial charge < -0.3 is 15.3 Å². The third-order valence-electron chi connectivity index (χ3n) is 2.83. The topological polar surface area (TPSA) is 99.6 Å². The highest BCUT2D eigenvalue weighted by Gasteiger charge is 2.23. The Labute approximate surface area is 116 Å². The summed E-state index contributed by atoms with van der Waals surface area (Å²) in [6, 6.07) is 2.77. The first-order valence-corrected chi connectivity index (χ1v) is 6.03. The van der Waals surface area contributed by atoms with E-state index in [9.17, 15) is 14.4 Å². The quantitative estimate of drug-likeness (QED) is 0.804. The van der Waals surface area contributed by atoms with Gasteiger partial charge in [0.2, 0.25) is 5.91 Å². The fourth-order valence-corrected chi connectivity index (χ4v) is 1.75. The van der Waals surface area contributed by atoms with Crippen LogP contribution < -0.4 is 5.32 Å². The van der Waals surface area contributed by atoms with Crippen LogP contribution in [0, 0.1) is 5.92 Å². The summed E-state index contributed by atoms with van der Waals surface area (Å²) in [5, 5.41) is 11.5. The first-order valence-electron chi connectivity index (χ1n) is 6.03. The van der Waals surface area contributed by atoms with Crippen LogP contribution in [0.1, 0.15) is 27.8 Å². The number of carbonyl (C=O) groups is 3. The van der Waals surface area contributed by atoms with Crippen LogP contribution in [0.15, 0.2) is 18.3 Å². The second-order valence-electron chi connectivity index (χ2n) is 4.41. The molecule has 1 aromatic rings. The van der Waals surface area contributed by atoms with Gasteiger partial charge in [-0.05, 0) is 12.1 Å². The number of aromatic carboxylic acids is 1. The Morgan fingerprint density at radius 2 is 2.10 bits per heavy atom. The molecule has 0 radical (unpaired) electrons. The molecular weight excluding hydrogens is 262 g/mol. The molecule has 0 aliphatic rings. The van der Waals surface area contributed by atoms with Crippen LogP contribution in [-0.2, 0) is 4.79 Å². The van der Waals surface area contributed by atoms with Crippen molar-refractivity contribution in [3.8, 4) is 0 Å². The Bertz CT molecular complexity index is 530. The number of carbonyl (C=O) groups excluding carboxylic acids is 2. The molecule has 7 heteroatoms. The van der Waals surface area contributed by atoms with Crippen molar-refractivity contribution in [3.63, 3.8) is 0 Å². The van der Waals surface area contributed by atoms with Crippen LogP contribution in [0.2, 0.25) is 0 Å². The van der Waals surface area contributed by atoms with Crippen molar-refractivity contribution in [3.05, 3.63) is 29.6 Å². The summed E-state index contributed by atoms with van der Waals surface area (Å²) in [4.78, 5) is 39.8. The highest BCUT2D eigenvalue weighted by atomic mass is 16.4. The van der Waals surface area contributed by atoms with E-state index < -0.39 is 17.8 Å². The summed E-state index contributed by atoms with van der Waals surface area (Å²) in [5.41, 5.74) is -0.288. The Morgan fingerprint density at radius 3 is 2.65 bits per heavy atom. The fourth-order valence-electron chi connectivity index (χ4n) is 1.75. The largest absolute Gasteiger partial charge is 0.478 e. The molecule has 1 heterocycles. The zero-order valence-electron chi connectivity index (χ0n) is 11.6. The van der Waals surface area contributed by atoms with Gasteiger partial charge in [-0.25, -0.2) is 4.79 Å². The van der Waals surface area contributed by atoms with Gasteiger partial charge in [-0.15, -0.1) is 0 Å². The molecule has 0 saturated carbocycles. The lowest BCUT2D eigenvalue weighted by atomic mass is 10.1. The molecule has 2 N–H and O–H groups in total. The second-order valence-corrected chi connectivity index (χ2v) is 4.41. The van der Waals surface area contributed by atoms with Gasteiger partial charge in [0, 0.05) is 26.8 Å². The monoisotopic (exact) mass is 279 g/mol. The van der Waals surface area contributed by atoms with E-state index in [1.54, 1.807) is 6.92 Å². The van der Waals surface area contributed by atoms with E-state index in [0.717, 1.165) is 0 Å². The van der Waals surface area contributed by atoms with E-state index in [0.29, 0.717) is 0 Å². The van der Waals surface area contributed by atoms with E-state index in [4.69, 9.17) is 5.11 Å². The molecule has 1 aromatic heterocycles. The zero-order valence-corrected chi connectivity index (χ0v) is 11.6. The summed E-state index contributed by atoms with van der Waals surface area (Å²) in [5.74, 6) is -2.33. The van der Waals surface area contributed by atoms with E-state index in [1.165, 1.54) is 37.3 Å². The van der Waals surface area contributed by atoms with Crippen molar-refractivity contribution < 1.29 is 19.5 Å². The summed E-state index contributed by atoms with van der Waals surface area (Å²) in [7, 11) is 3.02. The van der Waals surface area contributed by atoms with Crippen LogP contribution in [0.4, 0.5) is 0 Å². The second kappa shape index (κ2) is 6.65. The number of rotatable bonds is 5. The minimum absolute atomic E-state index is 0.133. The average molecular weight is 279 g/mol. The highest BCUT2D eigenvalue weighted by molar-refractivity contribution is 6.03. The molecule has 0 aliphatic carbocycles. The number of carboxylic acids is 1. The van der Waals surface area contributed by atoms with Crippen molar-refractivity contribution in [1.82, 2.24) is 15.2 Å². The van der Waals surface area contributed by atoms with Crippen molar-refractivity contribution in [1.29, 1.82) is 0 Å². The molecule has 20 heavy (non-hydrogen) atoms. The lowest BCUT2D eigenvalue weighted by Crippen LogP contribution is -2.38. The number of amides is 2. The van der Waals surface area contributed by atoms with E-state index in [-0.39, 0.29) is 23.7 Å². The zero-order chi connectivity index (χ0) is 15.3. The number of hydrogen-bond donors (Lipinski definition) is 2. The van der Waals surface area contributed by atoms with Crippen LogP contribution in [-0.4, -0.2) is 53.4 Å². The first-order chi connectivity index (χ1) is 9.38. The summed E-state index contributed by atoms with van der Waals surface area (Å²) < 4.78 is 0. The lowest BCUT2D eigenvalue weighted by Gasteiger charge is -2.20. The molecule has 0 saturated heterocycles. The summed E-state index contributed by atoms with van der Waals surface area (Å²) in [6.07, 6.45) is 1.36. The van der Waals surface area contributed by atoms with Crippen molar-refractivity contribution in [2.45, 2.75) is 6.92 Å². The number of nitrogens with one attached hydrogen (secondary N) is 1. The molecule has 0 fully saturated rings. The van der Waals surface area contributed by atoms with Gasteiger partial charge in [0.15, 0.2) is 0 Å². The van der Waals surface area contributed by atoms with Gasteiger partial charge in [0.25, 0.3) is 5.91 Å². The average Bonchev–Trinajstić information content (AvgIpc) is 2.45. The maximum Gasteiger partial charge on any atom is 0.338 e. The Kier molecular flexibility index (Phi) is 5.19. The number of hydrogen-bond acceptors (Lipinski definition) is 4. The SMILES string of the molecule is CNC(=O)C(C)CN(C)C(=O)c1ncccc1C(=O)O. The predicted octanol–water partition coefficient (Wildman–Crippen LogP) is 0.234. The smallest absolute Gasteiger partial charge is 0.338 e. The molecule has 1 unspecified atom stereocenters. The van der Waals surface area contributed by atoms with Gasteiger partial charge in [0.1, 0.15) is 5.69 Å². The van der Waals surface area contributed by atoms with Crippen LogP contribution in [0.25, 0.3) is 0 Å². The molecule has 108 valence electrons. The van der Waals surface area contributed by atoms with E-state index >= 15 is 0 Å². The van der Waals surface area contributed by atoms with E-state index in [2.05, 4.69) is 10.3 Å². The molecule has 2 amide bonds. The van der Waals surface area contributed by atoms with Gasteiger partial charge in [-0.3, -0.25) is 14.6 Å². The minimum Gasteiger partial charge on any atom is -0.478 e. The van der Waals surface area contributed by atoms with Crippen molar-refractivity contribution in [2.75, 3.05) is 20.6 Å². The molecular formula is C13H17N3O4. The van der Waals surface area contributed by atoms with Gasteiger partial charge in [0.05, 0.1) is 11.5 Å². The summed E-state index contributed by atoms with van der Waals surface area (Å²) in [6.45, 7) is 1.85. The molecule has 1 atom stereocenters. The highest BCUT2D eigenvalue weighted by Crippen LogP contribution is 2.09. The van der Waals surface area contributed by atoms with Crippen molar-refractivity contribution in [2.24, 2.45) is 5.92 Å². The molecule has 0 bridgehead atoms. The first kappa shape index (κ1) is 15.6. The van der Waals surface area contributed by atoms with E-state index in [1.807, 2.05) is 0 Å². The van der Waals surface area contributed by atoms with Gasteiger partial charge in [-0.1, -0.05) is 6.92 Å². The molecule has 0 spiro atoms. The maximum absolute atomic E-state index is 12.2. The molecule has 1 rings (SSSR count). The standard InChI is InChI=1S/C13H17N3O4/c1-8(11(17)14-2)7-16(3)12(18)10-9(13(19)20)5-4-6-15-10/h4-6,8H,7H2,1-3H3,(H,14,17)(H,19,20). The number of pyridine rings is 1. The Morgan fingerprint density at radius 1 is 1.45 bits per heavy atom. The molecule has 0 aromatic carbocycles. The number of carboxylic acid groups (broad SMARTS) is 1. The third-order valence-corrected chi connectivity index (χ3v) is 2.83.